The number of thiocarbonyl (C=S) groups is 1. The van der Waals surface area contributed by atoms with Crippen molar-refractivity contribution in [2.75, 3.05) is 19.6 Å². The Balaban J connectivity index is 3.34. The first-order valence-electron chi connectivity index (χ1n) is 4.99. The summed E-state index contributed by atoms with van der Waals surface area (Å²) in [6, 6.07) is 0. The summed E-state index contributed by atoms with van der Waals surface area (Å²) in [5, 5.41) is 9.33. The van der Waals surface area contributed by atoms with Gasteiger partial charge in [-0.25, -0.2) is 0 Å². The van der Waals surface area contributed by atoms with Crippen LogP contribution in [0.3, 0.4) is 0 Å². The van der Waals surface area contributed by atoms with E-state index in [1.54, 1.807) is 0 Å². The molecule has 0 aliphatic carbocycles. The predicted octanol–water partition coefficient (Wildman–Crippen LogP) is 0.387. The molecule has 1 amide bonds. The molecule has 4 nitrogen and oxygen atoms in total. The van der Waals surface area contributed by atoms with E-state index >= 15 is 0 Å². The van der Waals surface area contributed by atoms with Crippen LogP contribution in [-0.4, -0.2) is 30.7 Å². The van der Waals surface area contributed by atoms with Crippen LogP contribution in [0.5, 0.6) is 0 Å². The first-order chi connectivity index (χ1) is 6.70. The maximum atomic E-state index is 11.0. The van der Waals surface area contributed by atoms with Gasteiger partial charge in [0.05, 0.1) is 0 Å². The zero-order valence-electron chi connectivity index (χ0n) is 8.85. The molecule has 5 heteroatoms. The summed E-state index contributed by atoms with van der Waals surface area (Å²) < 4.78 is 0. The Bertz CT molecular complexity index is 185. The van der Waals surface area contributed by atoms with Crippen molar-refractivity contribution < 1.29 is 4.79 Å². The summed E-state index contributed by atoms with van der Waals surface area (Å²) in [6.07, 6.45) is 1.50. The lowest BCUT2D eigenvalue weighted by atomic mass is 10.4. The Morgan fingerprint density at radius 3 is 2.36 bits per heavy atom. The fraction of sp³-hybridized carbons (Fsp3) is 0.778. The van der Waals surface area contributed by atoms with Gasteiger partial charge in [0, 0.05) is 26.1 Å². The van der Waals surface area contributed by atoms with E-state index in [2.05, 4.69) is 22.9 Å². The molecule has 0 fully saturated rings. The molecule has 14 heavy (non-hydrogen) atoms. The van der Waals surface area contributed by atoms with E-state index in [0.717, 1.165) is 13.0 Å². The zero-order chi connectivity index (χ0) is 10.8. The Hall–Kier alpha value is -0.840. The van der Waals surface area contributed by atoms with Crippen LogP contribution in [0.4, 0.5) is 0 Å². The Morgan fingerprint density at radius 1 is 1.14 bits per heavy atom. The van der Waals surface area contributed by atoms with Gasteiger partial charge in [0.15, 0.2) is 5.11 Å². The standard InChI is InChI=1S/C9H19N3OS/c1-3-6-11-9(14)12-7-5-8(13)10-4-2/h3-7H2,1-2H3,(H,10,13)(H2,11,12,14). The summed E-state index contributed by atoms with van der Waals surface area (Å²) in [7, 11) is 0. The number of amides is 1. The monoisotopic (exact) mass is 217 g/mol. The average molecular weight is 217 g/mol. The van der Waals surface area contributed by atoms with Crippen molar-refractivity contribution in [2.45, 2.75) is 26.7 Å². The highest BCUT2D eigenvalue weighted by Gasteiger charge is 1.99. The van der Waals surface area contributed by atoms with E-state index < -0.39 is 0 Å². The molecule has 0 saturated heterocycles. The topological polar surface area (TPSA) is 53.2 Å². The van der Waals surface area contributed by atoms with Crippen molar-refractivity contribution in [1.29, 1.82) is 0 Å². The van der Waals surface area contributed by atoms with Gasteiger partial charge < -0.3 is 16.0 Å². The van der Waals surface area contributed by atoms with Crippen molar-refractivity contribution in [3.8, 4) is 0 Å². The van der Waals surface area contributed by atoms with Crippen LogP contribution in [0.2, 0.25) is 0 Å². The van der Waals surface area contributed by atoms with Crippen molar-refractivity contribution >= 4 is 23.2 Å². The third-order valence-electron chi connectivity index (χ3n) is 1.55. The first-order valence-corrected chi connectivity index (χ1v) is 5.39. The lowest BCUT2D eigenvalue weighted by Crippen LogP contribution is -2.37. The van der Waals surface area contributed by atoms with E-state index in [1.165, 1.54) is 0 Å². The van der Waals surface area contributed by atoms with Crippen LogP contribution in [0.25, 0.3) is 0 Å². The maximum Gasteiger partial charge on any atom is 0.221 e. The molecule has 82 valence electrons. The molecule has 0 aromatic heterocycles. The molecule has 0 aliphatic heterocycles. The van der Waals surface area contributed by atoms with Crippen LogP contribution in [0.15, 0.2) is 0 Å². The Labute approximate surface area is 90.8 Å². The van der Waals surface area contributed by atoms with E-state index in [9.17, 15) is 4.79 Å². The quantitative estimate of drug-likeness (QED) is 0.563. The summed E-state index contributed by atoms with van der Waals surface area (Å²) in [6.45, 7) is 6.11. The van der Waals surface area contributed by atoms with Crippen molar-refractivity contribution in [3.63, 3.8) is 0 Å². The van der Waals surface area contributed by atoms with Crippen molar-refractivity contribution in [3.05, 3.63) is 0 Å². The van der Waals surface area contributed by atoms with Crippen LogP contribution in [0.1, 0.15) is 26.7 Å². The van der Waals surface area contributed by atoms with E-state index in [1.807, 2.05) is 6.92 Å². The Morgan fingerprint density at radius 2 is 1.79 bits per heavy atom. The largest absolute Gasteiger partial charge is 0.363 e. The van der Waals surface area contributed by atoms with Gasteiger partial charge in [-0.05, 0) is 25.6 Å². The van der Waals surface area contributed by atoms with Gasteiger partial charge in [-0.3, -0.25) is 4.79 Å². The third kappa shape index (κ3) is 7.79. The first kappa shape index (κ1) is 13.2. The smallest absolute Gasteiger partial charge is 0.221 e. The molecule has 0 radical (unpaired) electrons. The zero-order valence-corrected chi connectivity index (χ0v) is 9.67. The molecule has 0 rings (SSSR count). The Kier molecular flexibility index (Phi) is 8.22. The van der Waals surface area contributed by atoms with Crippen LogP contribution < -0.4 is 16.0 Å². The normalized spacial score (nSPS) is 9.29. The molecule has 0 atom stereocenters. The van der Waals surface area contributed by atoms with Crippen molar-refractivity contribution in [1.82, 2.24) is 16.0 Å². The molecule has 0 aromatic rings. The number of carbonyl (C=O) groups excluding carboxylic acids is 1. The van der Waals surface area contributed by atoms with Gasteiger partial charge in [0.25, 0.3) is 0 Å². The second kappa shape index (κ2) is 8.74. The van der Waals surface area contributed by atoms with Crippen LogP contribution in [-0.2, 0) is 4.79 Å². The minimum atomic E-state index is 0.0540. The van der Waals surface area contributed by atoms with E-state index in [0.29, 0.717) is 24.6 Å². The van der Waals surface area contributed by atoms with Crippen LogP contribution in [0, 0.1) is 0 Å². The maximum absolute atomic E-state index is 11.0. The fourth-order valence-electron chi connectivity index (χ4n) is 0.876. The third-order valence-corrected chi connectivity index (χ3v) is 1.84. The molecule has 0 bridgehead atoms. The lowest BCUT2D eigenvalue weighted by molar-refractivity contribution is -0.120. The van der Waals surface area contributed by atoms with Gasteiger partial charge in [-0.15, -0.1) is 0 Å². The molecule has 0 aromatic carbocycles. The summed E-state index contributed by atoms with van der Waals surface area (Å²) in [5.41, 5.74) is 0. The van der Waals surface area contributed by atoms with Gasteiger partial charge in [0.1, 0.15) is 0 Å². The molecule has 0 spiro atoms. The number of carbonyl (C=O) groups is 1. The highest BCUT2D eigenvalue weighted by molar-refractivity contribution is 7.80. The van der Waals surface area contributed by atoms with Crippen molar-refractivity contribution in [2.24, 2.45) is 0 Å². The molecule has 0 saturated carbocycles. The molecule has 3 N–H and O–H groups in total. The minimum Gasteiger partial charge on any atom is -0.363 e. The van der Waals surface area contributed by atoms with E-state index in [4.69, 9.17) is 12.2 Å². The number of nitrogens with one attached hydrogen (secondary N) is 3. The highest BCUT2D eigenvalue weighted by Crippen LogP contribution is 1.78. The molecule has 0 heterocycles. The highest BCUT2D eigenvalue weighted by atomic mass is 32.1. The summed E-state index contributed by atoms with van der Waals surface area (Å²) in [5.74, 6) is 0.0540. The fourth-order valence-corrected chi connectivity index (χ4v) is 1.08. The van der Waals surface area contributed by atoms with E-state index in [-0.39, 0.29) is 5.91 Å². The molecule has 0 aliphatic rings. The average Bonchev–Trinajstić information content (AvgIpc) is 2.15. The number of hydrogen-bond donors (Lipinski definition) is 3. The molecular weight excluding hydrogens is 198 g/mol. The van der Waals surface area contributed by atoms with Crippen LogP contribution >= 0.6 is 12.2 Å². The summed E-state index contributed by atoms with van der Waals surface area (Å²) in [4.78, 5) is 11.0. The van der Waals surface area contributed by atoms with Gasteiger partial charge in [0.2, 0.25) is 5.91 Å². The summed E-state index contributed by atoms with van der Waals surface area (Å²) >= 11 is 4.98. The SMILES string of the molecule is CCCNC(=S)NCCC(=O)NCC. The lowest BCUT2D eigenvalue weighted by Gasteiger charge is -2.08. The predicted molar refractivity (Wildman–Crippen MR) is 62.2 cm³/mol. The van der Waals surface area contributed by atoms with Gasteiger partial charge in [-0.1, -0.05) is 6.92 Å². The van der Waals surface area contributed by atoms with Gasteiger partial charge >= 0.3 is 0 Å². The number of rotatable bonds is 6. The second-order valence-electron chi connectivity index (χ2n) is 2.89. The number of hydrogen-bond acceptors (Lipinski definition) is 2. The molecular formula is C9H19N3OS. The molecule has 0 unspecified atom stereocenters. The van der Waals surface area contributed by atoms with Gasteiger partial charge in [-0.2, -0.15) is 0 Å². The minimum absolute atomic E-state index is 0.0540. The second-order valence-corrected chi connectivity index (χ2v) is 3.29.